The monoisotopic (exact) mass is 218 g/mol. The van der Waals surface area contributed by atoms with Crippen molar-refractivity contribution >= 4 is 16.5 Å². The quantitative estimate of drug-likeness (QED) is 0.465. The van der Waals surface area contributed by atoms with Gasteiger partial charge in [0.2, 0.25) is 0 Å². The van der Waals surface area contributed by atoms with Gasteiger partial charge in [-0.3, -0.25) is 9.13 Å². The van der Waals surface area contributed by atoms with Crippen LogP contribution in [0.25, 0.3) is 0 Å². The van der Waals surface area contributed by atoms with Crippen molar-refractivity contribution in [3.63, 3.8) is 0 Å². The van der Waals surface area contributed by atoms with Gasteiger partial charge < -0.3 is 14.9 Å². The van der Waals surface area contributed by atoms with Crippen LogP contribution in [-0.2, 0) is 13.4 Å². The van der Waals surface area contributed by atoms with Crippen LogP contribution in [0.15, 0.2) is 12.2 Å². The summed E-state index contributed by atoms with van der Waals surface area (Å²) in [6, 6.07) is 0. The molecular weight excluding hydrogens is 206 g/mol. The Morgan fingerprint density at radius 1 is 1.42 bits per heavy atom. The van der Waals surface area contributed by atoms with Crippen molar-refractivity contribution in [2.45, 2.75) is 6.92 Å². The summed E-state index contributed by atoms with van der Waals surface area (Å²) in [5.41, 5.74) is 0.810. The lowest BCUT2D eigenvalue weighted by Crippen LogP contribution is -1.76. The maximum atomic E-state index is 9.44. The van der Waals surface area contributed by atoms with Crippen molar-refractivity contribution < 1.29 is 28.3 Å². The fourth-order valence-corrected chi connectivity index (χ4v) is 0.672. The highest BCUT2D eigenvalue weighted by Crippen LogP contribution is 2.30. The summed E-state index contributed by atoms with van der Waals surface area (Å²) in [6.07, 6.45) is 0. The molecule has 0 heterocycles. The molecule has 0 aliphatic heterocycles. The summed E-state index contributed by atoms with van der Waals surface area (Å²) in [5.74, 6) is 0. The molecule has 0 saturated carbocycles. The van der Waals surface area contributed by atoms with E-state index in [0.29, 0.717) is 0 Å². The van der Waals surface area contributed by atoms with Gasteiger partial charge in [0.15, 0.2) is 0 Å². The lowest BCUT2D eigenvalue weighted by Gasteiger charge is -1.86. The number of hydrogen-bond acceptors (Lipinski definition) is 4. The van der Waals surface area contributed by atoms with Crippen LogP contribution in [0.1, 0.15) is 6.92 Å². The Kier molecular flexibility index (Phi) is 11.1. The smallest absolute Gasteiger partial charge is 0.323 e. The molecule has 6 nitrogen and oxygen atoms in total. The van der Waals surface area contributed by atoms with Gasteiger partial charge in [0, 0.05) is 0 Å². The van der Waals surface area contributed by atoms with Gasteiger partial charge in [-0.2, -0.15) is 0 Å². The molecule has 0 rings (SSSR count). The second-order valence-corrected chi connectivity index (χ2v) is 3.63. The number of aliphatic hydroxyl groups excluding tert-OH is 1. The molecule has 0 saturated heterocycles. The summed E-state index contributed by atoms with van der Waals surface area (Å²) < 4.78 is 22.3. The van der Waals surface area contributed by atoms with E-state index in [4.69, 9.17) is 14.9 Å². The molecule has 0 aliphatic carbocycles. The van der Waals surface area contributed by atoms with E-state index < -0.39 is 16.5 Å². The zero-order valence-electron chi connectivity index (χ0n) is 6.48. The minimum atomic E-state index is -3.20. The largest absolute Gasteiger partial charge is 0.392 e. The Morgan fingerprint density at radius 2 is 1.67 bits per heavy atom. The van der Waals surface area contributed by atoms with E-state index in [-0.39, 0.29) is 6.61 Å². The molecule has 3 N–H and O–H groups in total. The molecule has 0 radical (unpaired) electrons. The lowest BCUT2D eigenvalue weighted by atomic mass is 10.4. The van der Waals surface area contributed by atoms with Gasteiger partial charge in [0.1, 0.15) is 0 Å². The second-order valence-electron chi connectivity index (χ2n) is 1.75. The minimum absolute atomic E-state index is 0.111. The molecule has 8 heteroatoms. The second kappa shape index (κ2) is 9.13. The molecule has 0 bridgehead atoms. The van der Waals surface area contributed by atoms with Gasteiger partial charge >= 0.3 is 16.5 Å². The molecular formula is C4H12O6P2. The van der Waals surface area contributed by atoms with Crippen LogP contribution in [0.3, 0.4) is 0 Å². The predicted molar refractivity (Wildman–Crippen MR) is 45.4 cm³/mol. The SMILES string of the molecule is C=C(C)CO.O=[PH](O)O[PH](=O)O. The Morgan fingerprint density at radius 3 is 1.67 bits per heavy atom. The number of rotatable bonds is 3. The minimum Gasteiger partial charge on any atom is -0.392 e. The summed E-state index contributed by atoms with van der Waals surface area (Å²) >= 11 is 0. The highest BCUT2D eigenvalue weighted by molar-refractivity contribution is 7.46. The first-order valence-electron chi connectivity index (χ1n) is 2.79. The standard InChI is InChI=1S/C4H8O.H4O5P2/c1-4(2)3-5;1-6(2)5-7(3)4/h5H,1,3H2,2H3;6-7H,(H,1,2)(H,3,4). The third-order valence-corrected chi connectivity index (χ3v) is 1.84. The van der Waals surface area contributed by atoms with E-state index in [1.807, 2.05) is 0 Å². The molecule has 74 valence electrons. The molecule has 0 aromatic rings. The van der Waals surface area contributed by atoms with Crippen molar-refractivity contribution in [2.75, 3.05) is 6.61 Å². The Labute approximate surface area is 71.4 Å². The van der Waals surface area contributed by atoms with Gasteiger partial charge in [-0.15, -0.1) is 0 Å². The number of hydrogen-bond donors (Lipinski definition) is 3. The number of aliphatic hydroxyl groups is 1. The van der Waals surface area contributed by atoms with Crippen molar-refractivity contribution in [1.82, 2.24) is 0 Å². The van der Waals surface area contributed by atoms with E-state index in [1.54, 1.807) is 6.92 Å². The van der Waals surface area contributed by atoms with Gasteiger partial charge in [-0.1, -0.05) is 12.2 Å². The van der Waals surface area contributed by atoms with Crippen LogP contribution >= 0.6 is 16.5 Å². The lowest BCUT2D eigenvalue weighted by molar-refractivity contribution is 0.332. The zero-order chi connectivity index (χ0) is 10.1. The van der Waals surface area contributed by atoms with Crippen LogP contribution in [0.4, 0.5) is 0 Å². The van der Waals surface area contributed by atoms with Crippen LogP contribution < -0.4 is 0 Å². The molecule has 2 atom stereocenters. The highest BCUT2D eigenvalue weighted by Gasteiger charge is 1.93. The van der Waals surface area contributed by atoms with Crippen LogP contribution in [0, 0.1) is 0 Å². The predicted octanol–water partition coefficient (Wildman–Crippen LogP) is 0.322. The van der Waals surface area contributed by atoms with E-state index in [9.17, 15) is 9.13 Å². The maximum absolute atomic E-state index is 9.44. The summed E-state index contributed by atoms with van der Waals surface area (Å²) in [4.78, 5) is 15.4. The Balaban J connectivity index is 0. The molecule has 0 spiro atoms. The van der Waals surface area contributed by atoms with Crippen molar-refractivity contribution in [1.29, 1.82) is 0 Å². The topological polar surface area (TPSA) is 104 Å². The van der Waals surface area contributed by atoms with E-state index >= 15 is 0 Å². The fourth-order valence-electron chi connectivity index (χ4n) is 0.0747. The normalized spacial score (nSPS) is 14.0. The fraction of sp³-hybridized carbons (Fsp3) is 0.500. The van der Waals surface area contributed by atoms with Crippen LogP contribution in [0.5, 0.6) is 0 Å². The zero-order valence-corrected chi connectivity index (χ0v) is 8.48. The van der Waals surface area contributed by atoms with E-state index in [0.717, 1.165) is 5.57 Å². The first-order chi connectivity index (χ1) is 5.40. The van der Waals surface area contributed by atoms with Gasteiger partial charge in [0.05, 0.1) is 6.61 Å². The molecule has 0 amide bonds. The van der Waals surface area contributed by atoms with Crippen LogP contribution in [-0.4, -0.2) is 21.5 Å². The molecule has 0 aromatic carbocycles. The summed E-state index contributed by atoms with van der Waals surface area (Å²) in [6.45, 7) is 5.31. The Hall–Kier alpha value is 0.0400. The third-order valence-electron chi connectivity index (χ3n) is 0.445. The van der Waals surface area contributed by atoms with Crippen molar-refractivity contribution in [3.8, 4) is 0 Å². The molecule has 0 aromatic heterocycles. The van der Waals surface area contributed by atoms with Gasteiger partial charge in [0.25, 0.3) is 0 Å². The van der Waals surface area contributed by atoms with Crippen molar-refractivity contribution in [2.24, 2.45) is 0 Å². The van der Waals surface area contributed by atoms with Gasteiger partial charge in [-0.25, -0.2) is 4.31 Å². The highest BCUT2D eigenvalue weighted by atomic mass is 31.2. The first kappa shape index (κ1) is 14.6. The van der Waals surface area contributed by atoms with E-state index in [2.05, 4.69) is 10.9 Å². The maximum Gasteiger partial charge on any atom is 0.323 e. The average molecular weight is 218 g/mol. The van der Waals surface area contributed by atoms with Crippen molar-refractivity contribution in [3.05, 3.63) is 12.2 Å². The molecule has 0 aliphatic rings. The summed E-state index contributed by atoms with van der Waals surface area (Å²) in [5, 5.41) is 8.04. The average Bonchev–Trinajstić information content (AvgIpc) is 1.85. The Bertz CT molecular complexity index is 166. The summed E-state index contributed by atoms with van der Waals surface area (Å²) in [7, 11) is -6.40. The third kappa shape index (κ3) is 22.5. The van der Waals surface area contributed by atoms with Gasteiger partial charge in [-0.05, 0) is 6.92 Å². The van der Waals surface area contributed by atoms with Crippen LogP contribution in [0.2, 0.25) is 0 Å². The molecule has 0 fully saturated rings. The first-order valence-corrected chi connectivity index (χ1v) is 5.31. The van der Waals surface area contributed by atoms with E-state index in [1.165, 1.54) is 0 Å². The molecule has 12 heavy (non-hydrogen) atoms. The molecule has 2 unspecified atom stereocenters.